The summed E-state index contributed by atoms with van der Waals surface area (Å²) in [7, 11) is 0. The zero-order chi connectivity index (χ0) is 12.4. The van der Waals surface area contributed by atoms with Gasteiger partial charge in [0, 0.05) is 11.8 Å². The van der Waals surface area contributed by atoms with Gasteiger partial charge in [-0.25, -0.2) is 19.9 Å². The monoisotopic (exact) mass is 249 g/mol. The van der Waals surface area contributed by atoms with Crippen molar-refractivity contribution in [1.82, 2.24) is 19.9 Å². The van der Waals surface area contributed by atoms with Crippen molar-refractivity contribution in [3.8, 4) is 0 Å². The third kappa shape index (κ3) is 2.94. The van der Waals surface area contributed by atoms with Gasteiger partial charge in [0.05, 0.1) is 0 Å². The number of anilines is 3. The summed E-state index contributed by atoms with van der Waals surface area (Å²) in [6.07, 6.45) is 0. The second-order valence-electron chi connectivity index (χ2n) is 3.31. The lowest BCUT2D eigenvalue weighted by Crippen LogP contribution is -2.00. The fraction of sp³-hybridized carbons (Fsp3) is 0.111. The Morgan fingerprint density at radius 2 is 1.59 bits per heavy atom. The Bertz CT molecular complexity index is 467. The van der Waals surface area contributed by atoms with Gasteiger partial charge in [-0.1, -0.05) is 0 Å². The van der Waals surface area contributed by atoms with Crippen LogP contribution in [0.2, 0.25) is 0 Å². The molecule has 0 fully saturated rings. The first-order valence-corrected chi connectivity index (χ1v) is 5.53. The third-order valence-electron chi connectivity index (χ3n) is 1.79. The quantitative estimate of drug-likeness (QED) is 0.517. The molecule has 8 heteroatoms. The molecule has 2 heterocycles. The molecule has 0 unspecified atom stereocenters. The minimum Gasteiger partial charge on any atom is -0.383 e. The fourth-order valence-electron chi connectivity index (χ4n) is 1.22. The van der Waals surface area contributed by atoms with Crippen LogP contribution in [0.3, 0.4) is 0 Å². The molecule has 0 radical (unpaired) electrons. The first kappa shape index (κ1) is 11.4. The van der Waals surface area contributed by atoms with Gasteiger partial charge in [-0.3, -0.25) is 0 Å². The Hall–Kier alpha value is -2.09. The number of hydrogen-bond donors (Lipinski definition) is 3. The molecule has 0 aliphatic heterocycles. The van der Waals surface area contributed by atoms with Crippen molar-refractivity contribution in [1.29, 1.82) is 0 Å². The van der Waals surface area contributed by atoms with E-state index in [1.54, 1.807) is 6.07 Å². The van der Waals surface area contributed by atoms with Crippen molar-refractivity contribution in [2.75, 3.05) is 17.2 Å². The van der Waals surface area contributed by atoms with Gasteiger partial charge in [0.1, 0.15) is 16.7 Å². The van der Waals surface area contributed by atoms with Crippen molar-refractivity contribution in [3.63, 3.8) is 0 Å². The Balaban J connectivity index is 2.31. The van der Waals surface area contributed by atoms with Crippen molar-refractivity contribution in [2.24, 2.45) is 0 Å². The van der Waals surface area contributed by atoms with E-state index in [1.807, 2.05) is 6.92 Å². The molecular formula is C9H11N7S. The number of nitrogens with zero attached hydrogens (tertiary/aromatic N) is 4. The molecule has 2 aromatic heterocycles. The molecule has 88 valence electrons. The standard InChI is InChI=1S/C9H11N7S/c1-4-2-7(16-8(12)13-4)17-9-14-5(10)3-6(11)15-9/h2-3H,1H3,(H2,12,13,16)(H4,10,11,14,15). The lowest BCUT2D eigenvalue weighted by atomic mass is 10.5. The lowest BCUT2D eigenvalue weighted by Gasteiger charge is -2.03. The first-order valence-electron chi connectivity index (χ1n) is 4.72. The number of nitrogens with two attached hydrogens (primary N) is 3. The van der Waals surface area contributed by atoms with Crippen LogP contribution in [0.4, 0.5) is 17.6 Å². The van der Waals surface area contributed by atoms with E-state index in [4.69, 9.17) is 17.2 Å². The minimum atomic E-state index is 0.212. The maximum Gasteiger partial charge on any atom is 0.221 e. The average molecular weight is 249 g/mol. The maximum atomic E-state index is 5.57. The van der Waals surface area contributed by atoms with E-state index in [9.17, 15) is 0 Å². The summed E-state index contributed by atoms with van der Waals surface area (Å²) >= 11 is 1.23. The van der Waals surface area contributed by atoms with Crippen LogP contribution in [-0.2, 0) is 0 Å². The number of rotatable bonds is 2. The second kappa shape index (κ2) is 4.42. The van der Waals surface area contributed by atoms with Crippen LogP contribution < -0.4 is 17.2 Å². The molecule has 17 heavy (non-hydrogen) atoms. The van der Waals surface area contributed by atoms with E-state index >= 15 is 0 Å². The van der Waals surface area contributed by atoms with Crippen LogP contribution >= 0.6 is 11.8 Å². The Labute approximate surface area is 102 Å². The summed E-state index contributed by atoms with van der Waals surface area (Å²) in [5.74, 6) is 0.849. The summed E-state index contributed by atoms with van der Waals surface area (Å²) in [5, 5.41) is 1.08. The van der Waals surface area contributed by atoms with Crippen molar-refractivity contribution >= 4 is 29.3 Å². The average Bonchev–Trinajstić information content (AvgIpc) is 2.13. The van der Waals surface area contributed by atoms with Gasteiger partial charge in [0.25, 0.3) is 0 Å². The van der Waals surface area contributed by atoms with Gasteiger partial charge in [-0.05, 0) is 24.8 Å². The molecule has 0 spiro atoms. The highest BCUT2D eigenvalue weighted by atomic mass is 32.2. The van der Waals surface area contributed by atoms with E-state index in [0.29, 0.717) is 21.8 Å². The second-order valence-corrected chi connectivity index (χ2v) is 4.30. The number of aryl methyl sites for hydroxylation is 1. The maximum absolute atomic E-state index is 5.57. The topological polar surface area (TPSA) is 130 Å². The summed E-state index contributed by atoms with van der Waals surface area (Å²) in [6, 6.07) is 3.27. The summed E-state index contributed by atoms with van der Waals surface area (Å²) in [5.41, 5.74) is 17.5. The highest BCUT2D eigenvalue weighted by Gasteiger charge is 2.06. The Morgan fingerprint density at radius 1 is 0.941 bits per heavy atom. The zero-order valence-corrected chi connectivity index (χ0v) is 9.90. The molecule has 0 amide bonds. The number of aromatic nitrogens is 4. The summed E-state index contributed by atoms with van der Waals surface area (Å²) < 4.78 is 0. The van der Waals surface area contributed by atoms with Crippen LogP contribution in [0.5, 0.6) is 0 Å². The van der Waals surface area contributed by atoms with Crippen LogP contribution in [0, 0.1) is 6.92 Å². The largest absolute Gasteiger partial charge is 0.383 e. The normalized spacial score (nSPS) is 10.4. The van der Waals surface area contributed by atoms with Crippen LogP contribution in [0.15, 0.2) is 22.3 Å². The van der Waals surface area contributed by atoms with Gasteiger partial charge in [0.15, 0.2) is 5.16 Å². The van der Waals surface area contributed by atoms with E-state index in [-0.39, 0.29) is 5.95 Å². The predicted octanol–water partition coefficient (Wildman–Crippen LogP) is 0.473. The van der Waals surface area contributed by atoms with Gasteiger partial charge in [0.2, 0.25) is 5.95 Å². The van der Waals surface area contributed by atoms with Gasteiger partial charge < -0.3 is 17.2 Å². The highest BCUT2D eigenvalue weighted by molar-refractivity contribution is 7.99. The third-order valence-corrected chi connectivity index (χ3v) is 2.57. The smallest absolute Gasteiger partial charge is 0.221 e. The zero-order valence-electron chi connectivity index (χ0n) is 9.08. The molecule has 0 atom stereocenters. The summed E-state index contributed by atoms with van der Waals surface area (Å²) in [6.45, 7) is 1.83. The van der Waals surface area contributed by atoms with Gasteiger partial charge in [-0.15, -0.1) is 0 Å². The van der Waals surface area contributed by atoms with E-state index in [1.165, 1.54) is 17.8 Å². The molecule has 0 aromatic carbocycles. The van der Waals surface area contributed by atoms with Gasteiger partial charge >= 0.3 is 0 Å². The molecule has 0 saturated heterocycles. The lowest BCUT2D eigenvalue weighted by molar-refractivity contribution is 0.967. The summed E-state index contributed by atoms with van der Waals surface area (Å²) in [4.78, 5) is 16.1. The van der Waals surface area contributed by atoms with Crippen LogP contribution in [0.1, 0.15) is 5.69 Å². The SMILES string of the molecule is Cc1cc(Sc2nc(N)cc(N)n2)nc(N)n1. The van der Waals surface area contributed by atoms with Crippen molar-refractivity contribution in [3.05, 3.63) is 17.8 Å². The molecule has 0 bridgehead atoms. The van der Waals surface area contributed by atoms with Crippen LogP contribution in [0.25, 0.3) is 0 Å². The van der Waals surface area contributed by atoms with Crippen molar-refractivity contribution in [2.45, 2.75) is 17.1 Å². The predicted molar refractivity (Wildman–Crippen MR) is 66.2 cm³/mol. The molecule has 6 N–H and O–H groups in total. The molecule has 2 rings (SSSR count). The first-order chi connectivity index (χ1) is 8.02. The molecule has 2 aromatic rings. The minimum absolute atomic E-state index is 0.212. The van der Waals surface area contributed by atoms with E-state index in [2.05, 4.69) is 19.9 Å². The molecule has 7 nitrogen and oxygen atoms in total. The number of hydrogen-bond acceptors (Lipinski definition) is 8. The Morgan fingerprint density at radius 3 is 2.18 bits per heavy atom. The fourth-order valence-corrected chi connectivity index (χ4v) is 2.07. The molecule has 0 aliphatic rings. The Kier molecular flexibility index (Phi) is 2.96. The van der Waals surface area contributed by atoms with Crippen molar-refractivity contribution < 1.29 is 0 Å². The molecular weight excluding hydrogens is 238 g/mol. The molecule has 0 aliphatic carbocycles. The molecule has 0 saturated carbocycles. The highest BCUT2D eigenvalue weighted by Crippen LogP contribution is 2.24. The van der Waals surface area contributed by atoms with Gasteiger partial charge in [-0.2, -0.15) is 0 Å². The van der Waals surface area contributed by atoms with E-state index < -0.39 is 0 Å². The van der Waals surface area contributed by atoms with Crippen LogP contribution in [-0.4, -0.2) is 19.9 Å². The number of nitrogen functional groups attached to an aromatic ring is 3. The van der Waals surface area contributed by atoms with E-state index in [0.717, 1.165) is 5.69 Å².